The van der Waals surface area contributed by atoms with Crippen molar-refractivity contribution in [1.29, 1.82) is 0 Å². The number of rotatable bonds is 4. The number of hydrogen-bond donors (Lipinski definition) is 2. The molecule has 1 atom stereocenters. The summed E-state index contributed by atoms with van der Waals surface area (Å²) in [4.78, 5) is 16.0. The average molecular weight is 249 g/mol. The maximum Gasteiger partial charge on any atom is 0.227 e. The largest absolute Gasteiger partial charge is 0.327 e. The van der Waals surface area contributed by atoms with Crippen molar-refractivity contribution >= 4 is 11.7 Å². The van der Waals surface area contributed by atoms with E-state index in [0.717, 1.165) is 12.0 Å². The summed E-state index contributed by atoms with van der Waals surface area (Å²) in [7, 11) is 0. The molecule has 1 aromatic rings. The van der Waals surface area contributed by atoms with Crippen LogP contribution in [0.25, 0.3) is 0 Å². The van der Waals surface area contributed by atoms with Crippen LogP contribution >= 0.6 is 0 Å². The zero-order valence-electron chi connectivity index (χ0n) is 11.7. The zero-order valence-corrected chi connectivity index (χ0v) is 11.7. The standard InChI is InChI=1S/C14H23N3O/c1-10-6-5-7-16-13(10)17-12(18)8-11(15)9-14(2,3)4/h5-7,11H,8-9,15H2,1-4H3,(H,16,17,18). The number of amides is 1. The normalized spacial score (nSPS) is 13.2. The third kappa shape index (κ3) is 5.27. The Balaban J connectivity index is 2.50. The Morgan fingerprint density at radius 2 is 2.17 bits per heavy atom. The minimum atomic E-state index is -0.117. The van der Waals surface area contributed by atoms with Crippen LogP contribution in [0.2, 0.25) is 0 Å². The molecule has 1 amide bonds. The van der Waals surface area contributed by atoms with Crippen LogP contribution < -0.4 is 11.1 Å². The van der Waals surface area contributed by atoms with E-state index in [1.165, 1.54) is 0 Å². The van der Waals surface area contributed by atoms with E-state index in [4.69, 9.17) is 5.73 Å². The van der Waals surface area contributed by atoms with E-state index in [1.807, 2.05) is 19.1 Å². The van der Waals surface area contributed by atoms with Gasteiger partial charge < -0.3 is 11.1 Å². The van der Waals surface area contributed by atoms with Gasteiger partial charge in [-0.05, 0) is 30.4 Å². The summed E-state index contributed by atoms with van der Waals surface area (Å²) < 4.78 is 0. The van der Waals surface area contributed by atoms with Gasteiger partial charge in [-0.15, -0.1) is 0 Å². The number of aryl methyl sites for hydroxylation is 1. The molecule has 0 aliphatic carbocycles. The van der Waals surface area contributed by atoms with Crippen molar-refractivity contribution in [2.24, 2.45) is 11.1 Å². The molecule has 100 valence electrons. The number of nitrogens with two attached hydrogens (primary N) is 1. The molecule has 4 nitrogen and oxygen atoms in total. The lowest BCUT2D eigenvalue weighted by atomic mass is 9.87. The second-order valence-electron chi connectivity index (χ2n) is 5.95. The molecule has 0 saturated heterocycles. The molecule has 0 aliphatic heterocycles. The third-order valence-corrected chi connectivity index (χ3v) is 2.59. The van der Waals surface area contributed by atoms with Crippen molar-refractivity contribution in [1.82, 2.24) is 4.98 Å². The van der Waals surface area contributed by atoms with E-state index in [0.29, 0.717) is 12.2 Å². The summed E-state index contributed by atoms with van der Waals surface area (Å²) in [6, 6.07) is 3.64. The minimum Gasteiger partial charge on any atom is -0.327 e. The van der Waals surface area contributed by atoms with E-state index in [2.05, 4.69) is 31.1 Å². The molecule has 18 heavy (non-hydrogen) atoms. The number of anilines is 1. The fourth-order valence-corrected chi connectivity index (χ4v) is 1.90. The number of pyridine rings is 1. The molecule has 1 unspecified atom stereocenters. The van der Waals surface area contributed by atoms with Crippen LogP contribution in [0.15, 0.2) is 18.3 Å². The lowest BCUT2D eigenvalue weighted by molar-refractivity contribution is -0.116. The third-order valence-electron chi connectivity index (χ3n) is 2.59. The van der Waals surface area contributed by atoms with Crippen molar-refractivity contribution in [3.8, 4) is 0 Å². The highest BCUT2D eigenvalue weighted by Gasteiger charge is 2.18. The molecule has 1 aromatic heterocycles. The van der Waals surface area contributed by atoms with Crippen LogP contribution in [0.4, 0.5) is 5.82 Å². The van der Waals surface area contributed by atoms with E-state index in [-0.39, 0.29) is 17.4 Å². The number of nitrogens with zero attached hydrogens (tertiary/aromatic N) is 1. The van der Waals surface area contributed by atoms with Crippen molar-refractivity contribution in [2.45, 2.75) is 46.6 Å². The van der Waals surface area contributed by atoms with Gasteiger partial charge in [-0.1, -0.05) is 26.8 Å². The predicted molar refractivity (Wildman–Crippen MR) is 74.3 cm³/mol. The Labute approximate surface area is 109 Å². The molecule has 1 rings (SSSR count). The summed E-state index contributed by atoms with van der Waals surface area (Å²) in [5.74, 6) is 0.541. The molecule has 0 aliphatic rings. The first-order valence-electron chi connectivity index (χ1n) is 6.25. The summed E-state index contributed by atoms with van der Waals surface area (Å²) in [6.45, 7) is 8.27. The van der Waals surface area contributed by atoms with Gasteiger partial charge in [-0.3, -0.25) is 4.79 Å². The monoisotopic (exact) mass is 249 g/mol. The van der Waals surface area contributed by atoms with Crippen molar-refractivity contribution in [3.05, 3.63) is 23.9 Å². The summed E-state index contributed by atoms with van der Waals surface area (Å²) in [5, 5.41) is 2.80. The number of carbonyl (C=O) groups is 1. The van der Waals surface area contributed by atoms with Crippen LogP contribution in [-0.2, 0) is 4.79 Å². The van der Waals surface area contributed by atoms with Gasteiger partial charge >= 0.3 is 0 Å². The molecule has 0 saturated carbocycles. The van der Waals surface area contributed by atoms with Gasteiger partial charge in [0.25, 0.3) is 0 Å². The molecular formula is C14H23N3O. The maximum atomic E-state index is 11.8. The summed E-state index contributed by atoms with van der Waals surface area (Å²) in [6.07, 6.45) is 2.81. The van der Waals surface area contributed by atoms with Gasteiger partial charge in [-0.2, -0.15) is 0 Å². The van der Waals surface area contributed by atoms with E-state index < -0.39 is 0 Å². The molecule has 0 bridgehead atoms. The summed E-state index contributed by atoms with van der Waals surface area (Å²) >= 11 is 0. The summed E-state index contributed by atoms with van der Waals surface area (Å²) in [5.41, 5.74) is 7.06. The fourth-order valence-electron chi connectivity index (χ4n) is 1.90. The molecule has 0 fully saturated rings. The second kappa shape index (κ2) is 5.96. The topological polar surface area (TPSA) is 68.0 Å². The zero-order chi connectivity index (χ0) is 13.8. The lowest BCUT2D eigenvalue weighted by Gasteiger charge is -2.22. The molecule has 1 heterocycles. The first-order chi connectivity index (χ1) is 8.28. The maximum absolute atomic E-state index is 11.8. The highest BCUT2D eigenvalue weighted by molar-refractivity contribution is 5.90. The number of aromatic nitrogens is 1. The van der Waals surface area contributed by atoms with Crippen LogP contribution in [0.3, 0.4) is 0 Å². The molecule has 4 heteroatoms. The molecule has 3 N–H and O–H groups in total. The number of nitrogens with one attached hydrogen (secondary N) is 1. The minimum absolute atomic E-state index is 0.0754. The van der Waals surface area contributed by atoms with Crippen LogP contribution in [0.1, 0.15) is 39.2 Å². The lowest BCUT2D eigenvalue weighted by Crippen LogP contribution is -2.31. The highest BCUT2D eigenvalue weighted by atomic mass is 16.1. The fraction of sp³-hybridized carbons (Fsp3) is 0.571. The Bertz CT molecular complexity index is 410. The van der Waals surface area contributed by atoms with Gasteiger partial charge in [0.2, 0.25) is 5.91 Å². The second-order valence-corrected chi connectivity index (χ2v) is 5.95. The highest BCUT2D eigenvalue weighted by Crippen LogP contribution is 2.21. The first-order valence-corrected chi connectivity index (χ1v) is 6.25. The van der Waals surface area contributed by atoms with Crippen LogP contribution in [-0.4, -0.2) is 16.9 Å². The van der Waals surface area contributed by atoms with Gasteiger partial charge in [-0.25, -0.2) is 4.98 Å². The van der Waals surface area contributed by atoms with Crippen molar-refractivity contribution < 1.29 is 4.79 Å². The number of hydrogen-bond acceptors (Lipinski definition) is 3. The Morgan fingerprint density at radius 3 is 2.72 bits per heavy atom. The average Bonchev–Trinajstić information content (AvgIpc) is 2.18. The first kappa shape index (κ1) is 14.6. The Kier molecular flexibility index (Phi) is 4.84. The van der Waals surface area contributed by atoms with E-state index in [9.17, 15) is 4.79 Å². The van der Waals surface area contributed by atoms with E-state index in [1.54, 1.807) is 6.20 Å². The molecule has 0 radical (unpaired) electrons. The predicted octanol–water partition coefficient (Wildman–Crippen LogP) is 2.48. The Morgan fingerprint density at radius 1 is 1.50 bits per heavy atom. The van der Waals surface area contributed by atoms with Crippen molar-refractivity contribution in [3.63, 3.8) is 0 Å². The van der Waals surface area contributed by atoms with Gasteiger partial charge in [0, 0.05) is 18.7 Å². The van der Waals surface area contributed by atoms with Crippen molar-refractivity contribution in [2.75, 3.05) is 5.32 Å². The van der Waals surface area contributed by atoms with Gasteiger partial charge in [0.05, 0.1) is 0 Å². The smallest absolute Gasteiger partial charge is 0.227 e. The quantitative estimate of drug-likeness (QED) is 0.861. The van der Waals surface area contributed by atoms with Crippen LogP contribution in [0.5, 0.6) is 0 Å². The van der Waals surface area contributed by atoms with Gasteiger partial charge in [0.15, 0.2) is 0 Å². The molecule has 0 spiro atoms. The van der Waals surface area contributed by atoms with Crippen LogP contribution in [0, 0.1) is 12.3 Å². The number of carbonyl (C=O) groups excluding carboxylic acids is 1. The molecular weight excluding hydrogens is 226 g/mol. The SMILES string of the molecule is Cc1cccnc1NC(=O)CC(N)CC(C)(C)C. The van der Waals surface area contributed by atoms with E-state index >= 15 is 0 Å². The Hall–Kier alpha value is -1.42. The van der Waals surface area contributed by atoms with Gasteiger partial charge in [0.1, 0.15) is 5.82 Å². The molecule has 0 aromatic carbocycles.